The molecule has 2 heterocycles. The highest BCUT2D eigenvalue weighted by atomic mass is 32.2. The van der Waals surface area contributed by atoms with Crippen LogP contribution < -0.4 is 5.56 Å². The van der Waals surface area contributed by atoms with Crippen LogP contribution in [0.3, 0.4) is 0 Å². The Kier molecular flexibility index (Phi) is 4.17. The van der Waals surface area contributed by atoms with E-state index >= 15 is 0 Å². The van der Waals surface area contributed by atoms with Crippen LogP contribution in [-0.2, 0) is 0 Å². The molecule has 0 aliphatic carbocycles. The van der Waals surface area contributed by atoms with Crippen molar-refractivity contribution in [2.45, 2.75) is 17.4 Å². The van der Waals surface area contributed by atoms with Gasteiger partial charge in [0.25, 0.3) is 5.56 Å². The summed E-state index contributed by atoms with van der Waals surface area (Å²) >= 11 is 3.83. The third-order valence-corrected chi connectivity index (χ3v) is 6.39. The Labute approximate surface area is 126 Å². The van der Waals surface area contributed by atoms with Crippen molar-refractivity contribution in [3.63, 3.8) is 0 Å². The van der Waals surface area contributed by atoms with Crippen molar-refractivity contribution in [1.82, 2.24) is 9.97 Å². The molecule has 1 aromatic carbocycles. The molecular formula is C15H16N2OS2. The largest absolute Gasteiger partial charge is 0.310 e. The molecule has 2 atom stereocenters. The molecule has 2 aromatic rings. The molecule has 0 spiro atoms. The van der Waals surface area contributed by atoms with Crippen molar-refractivity contribution in [1.29, 1.82) is 0 Å². The van der Waals surface area contributed by atoms with Crippen LogP contribution >= 0.6 is 23.5 Å². The third kappa shape index (κ3) is 2.94. The zero-order valence-electron chi connectivity index (χ0n) is 11.2. The van der Waals surface area contributed by atoms with Crippen molar-refractivity contribution in [3.05, 3.63) is 52.6 Å². The molecule has 1 fully saturated rings. The average Bonchev–Trinajstić information content (AvgIpc) is 2.48. The van der Waals surface area contributed by atoms with Crippen molar-refractivity contribution >= 4 is 23.5 Å². The van der Waals surface area contributed by atoms with Crippen molar-refractivity contribution in [2.75, 3.05) is 11.5 Å². The maximum absolute atomic E-state index is 11.9. The van der Waals surface area contributed by atoms with E-state index < -0.39 is 0 Å². The van der Waals surface area contributed by atoms with Gasteiger partial charge < -0.3 is 4.98 Å². The number of aromatic amines is 1. The van der Waals surface area contributed by atoms with E-state index in [2.05, 4.69) is 16.9 Å². The second-order valence-electron chi connectivity index (χ2n) is 4.75. The van der Waals surface area contributed by atoms with E-state index in [0.29, 0.717) is 5.25 Å². The molecule has 5 heteroatoms. The average molecular weight is 304 g/mol. The lowest BCUT2D eigenvalue weighted by atomic mass is 10.1. The van der Waals surface area contributed by atoms with Crippen LogP contribution in [0.25, 0.3) is 11.3 Å². The van der Waals surface area contributed by atoms with Gasteiger partial charge in [-0.25, -0.2) is 4.98 Å². The number of thioether (sulfide) groups is 2. The van der Waals surface area contributed by atoms with Crippen molar-refractivity contribution in [2.24, 2.45) is 0 Å². The van der Waals surface area contributed by atoms with Gasteiger partial charge in [0.15, 0.2) is 0 Å². The molecule has 1 aliphatic rings. The van der Waals surface area contributed by atoms with Gasteiger partial charge in [0.05, 0.1) is 10.9 Å². The Bertz CT molecular complexity index is 642. The maximum Gasteiger partial charge on any atom is 0.251 e. The Morgan fingerprint density at radius 2 is 1.95 bits per heavy atom. The summed E-state index contributed by atoms with van der Waals surface area (Å²) in [6.45, 7) is 2.21. The predicted molar refractivity (Wildman–Crippen MR) is 87.4 cm³/mol. The standard InChI is InChI=1S/C15H16N2OS2/c1-10-14(20-8-7-19-10)15-16-12(9-13(18)17-15)11-5-3-2-4-6-11/h2-6,9-10,14H,7-8H2,1H3,(H,16,17,18). The third-order valence-electron chi connectivity index (χ3n) is 3.29. The number of nitrogens with zero attached hydrogens (tertiary/aromatic N) is 1. The molecule has 1 saturated heterocycles. The van der Waals surface area contributed by atoms with Crippen LogP contribution in [0, 0.1) is 0 Å². The van der Waals surface area contributed by atoms with Crippen molar-refractivity contribution in [3.8, 4) is 11.3 Å². The van der Waals surface area contributed by atoms with Gasteiger partial charge in [0.1, 0.15) is 5.82 Å². The monoisotopic (exact) mass is 304 g/mol. The van der Waals surface area contributed by atoms with Gasteiger partial charge in [-0.2, -0.15) is 11.8 Å². The summed E-state index contributed by atoms with van der Waals surface area (Å²) in [5, 5.41) is 0.744. The summed E-state index contributed by atoms with van der Waals surface area (Å²) in [6, 6.07) is 11.4. The molecule has 0 amide bonds. The van der Waals surface area contributed by atoms with Crippen LogP contribution in [0.4, 0.5) is 0 Å². The summed E-state index contributed by atoms with van der Waals surface area (Å²) < 4.78 is 0. The smallest absolute Gasteiger partial charge is 0.251 e. The number of aromatic nitrogens is 2. The topological polar surface area (TPSA) is 45.8 Å². The lowest BCUT2D eigenvalue weighted by Gasteiger charge is -2.27. The van der Waals surface area contributed by atoms with Gasteiger partial charge in [0.2, 0.25) is 0 Å². The van der Waals surface area contributed by atoms with Gasteiger partial charge in [-0.05, 0) is 0 Å². The molecule has 104 valence electrons. The fourth-order valence-corrected chi connectivity index (χ4v) is 5.01. The zero-order chi connectivity index (χ0) is 13.9. The Morgan fingerprint density at radius 3 is 2.70 bits per heavy atom. The van der Waals surface area contributed by atoms with Gasteiger partial charge in [0, 0.05) is 28.4 Å². The first kappa shape index (κ1) is 13.8. The normalized spacial score (nSPS) is 22.6. The highest BCUT2D eigenvalue weighted by Gasteiger charge is 2.26. The van der Waals surface area contributed by atoms with E-state index in [-0.39, 0.29) is 10.8 Å². The van der Waals surface area contributed by atoms with Gasteiger partial charge in [-0.3, -0.25) is 4.79 Å². The SMILES string of the molecule is CC1SCCSC1c1nc(-c2ccccc2)cc(=O)[nH]1. The van der Waals surface area contributed by atoms with E-state index in [4.69, 9.17) is 0 Å². The van der Waals surface area contributed by atoms with E-state index in [0.717, 1.165) is 22.8 Å². The van der Waals surface area contributed by atoms with Crippen LogP contribution in [0.5, 0.6) is 0 Å². The summed E-state index contributed by atoms with van der Waals surface area (Å²) in [4.78, 5) is 19.5. The molecule has 0 bridgehead atoms. The van der Waals surface area contributed by atoms with Crippen LogP contribution in [0.2, 0.25) is 0 Å². The predicted octanol–water partition coefficient (Wildman–Crippen LogP) is 3.35. The summed E-state index contributed by atoms with van der Waals surface area (Å²) in [7, 11) is 0. The molecule has 3 rings (SSSR count). The second kappa shape index (κ2) is 6.06. The Morgan fingerprint density at radius 1 is 1.20 bits per heavy atom. The first-order chi connectivity index (χ1) is 9.74. The van der Waals surface area contributed by atoms with Crippen molar-refractivity contribution < 1.29 is 0 Å². The Hall–Kier alpha value is -1.20. The molecule has 1 aliphatic heterocycles. The molecule has 0 saturated carbocycles. The number of H-pyrrole nitrogens is 1. The zero-order valence-corrected chi connectivity index (χ0v) is 12.8. The van der Waals surface area contributed by atoms with Crippen LogP contribution in [0.1, 0.15) is 18.0 Å². The van der Waals surface area contributed by atoms with E-state index in [1.807, 2.05) is 53.9 Å². The minimum absolute atomic E-state index is 0.0720. The summed E-state index contributed by atoms with van der Waals surface area (Å²) in [6.07, 6.45) is 0. The van der Waals surface area contributed by atoms with Gasteiger partial charge in [-0.15, -0.1) is 11.8 Å². The fourth-order valence-electron chi connectivity index (χ4n) is 2.30. The lowest BCUT2D eigenvalue weighted by molar-refractivity contribution is 0.817. The molecule has 0 radical (unpaired) electrons. The fraction of sp³-hybridized carbons (Fsp3) is 0.333. The first-order valence-corrected chi connectivity index (χ1v) is 8.73. The van der Waals surface area contributed by atoms with Crippen LogP contribution in [-0.4, -0.2) is 26.7 Å². The quantitative estimate of drug-likeness (QED) is 0.924. The minimum Gasteiger partial charge on any atom is -0.310 e. The van der Waals surface area contributed by atoms with Gasteiger partial charge >= 0.3 is 0 Å². The maximum atomic E-state index is 11.9. The highest BCUT2D eigenvalue weighted by Crippen LogP contribution is 2.40. The summed E-state index contributed by atoms with van der Waals surface area (Å²) in [5.74, 6) is 3.09. The molecular weight excluding hydrogens is 288 g/mol. The van der Waals surface area contributed by atoms with Gasteiger partial charge in [-0.1, -0.05) is 37.3 Å². The molecule has 3 nitrogen and oxygen atoms in total. The number of hydrogen-bond acceptors (Lipinski definition) is 4. The highest BCUT2D eigenvalue weighted by molar-refractivity contribution is 8.06. The summed E-state index contributed by atoms with van der Waals surface area (Å²) in [5.41, 5.74) is 1.67. The molecule has 20 heavy (non-hydrogen) atoms. The first-order valence-electron chi connectivity index (χ1n) is 6.64. The van der Waals surface area contributed by atoms with Crippen LogP contribution in [0.15, 0.2) is 41.2 Å². The number of hydrogen-bond donors (Lipinski definition) is 1. The molecule has 1 N–H and O–H groups in total. The Balaban J connectivity index is 2.01. The number of rotatable bonds is 2. The second-order valence-corrected chi connectivity index (χ2v) is 7.48. The van der Waals surface area contributed by atoms with E-state index in [1.165, 1.54) is 5.75 Å². The number of benzene rings is 1. The number of nitrogens with one attached hydrogen (secondary N) is 1. The minimum atomic E-state index is -0.0720. The lowest BCUT2D eigenvalue weighted by Crippen LogP contribution is -2.21. The van der Waals surface area contributed by atoms with E-state index in [9.17, 15) is 4.79 Å². The molecule has 2 unspecified atom stereocenters. The van der Waals surface area contributed by atoms with E-state index in [1.54, 1.807) is 6.07 Å². The molecule has 1 aromatic heterocycles.